The Morgan fingerprint density at radius 2 is 2.33 bits per heavy atom. The van der Waals surface area contributed by atoms with Crippen LogP contribution in [0.15, 0.2) is 22.8 Å². The average molecular weight is 164 g/mol. The predicted molar refractivity (Wildman–Crippen MR) is 52.0 cm³/mol. The lowest BCUT2D eigenvalue weighted by atomic mass is 10.2. The highest BCUT2D eigenvalue weighted by Gasteiger charge is 1.94. The molecule has 0 saturated heterocycles. The fourth-order valence-electron chi connectivity index (χ4n) is 1.07. The summed E-state index contributed by atoms with van der Waals surface area (Å²) in [5.74, 6) is 0.992. The molecule has 1 heterocycles. The van der Waals surface area contributed by atoms with Gasteiger partial charge >= 0.3 is 0 Å². The smallest absolute Gasteiger partial charge is 0.129 e. The molecule has 0 saturated carbocycles. The molecule has 1 nitrogen and oxygen atoms in total. The Labute approximate surface area is 74.1 Å². The van der Waals surface area contributed by atoms with Gasteiger partial charge in [-0.05, 0) is 31.1 Å². The van der Waals surface area contributed by atoms with Gasteiger partial charge < -0.3 is 4.42 Å². The molecule has 0 fully saturated rings. The lowest BCUT2D eigenvalue weighted by molar-refractivity contribution is 0.554. The van der Waals surface area contributed by atoms with Gasteiger partial charge in [0.1, 0.15) is 5.76 Å². The Kier molecular flexibility index (Phi) is 3.65. The summed E-state index contributed by atoms with van der Waals surface area (Å²) in [6.45, 7) is 4.26. The third kappa shape index (κ3) is 2.57. The van der Waals surface area contributed by atoms with E-state index in [1.807, 2.05) is 6.07 Å². The predicted octanol–water partition coefficient (Wildman–Crippen LogP) is 3.79. The normalized spacial score (nSPS) is 11.2. The fourth-order valence-corrected chi connectivity index (χ4v) is 1.07. The molecule has 1 rings (SSSR count). The van der Waals surface area contributed by atoms with Gasteiger partial charge in [-0.25, -0.2) is 0 Å². The summed E-state index contributed by atoms with van der Waals surface area (Å²) in [6.07, 6.45) is 9.63. The van der Waals surface area contributed by atoms with Crippen molar-refractivity contribution < 1.29 is 4.42 Å². The van der Waals surface area contributed by atoms with Crippen LogP contribution in [0.25, 0.3) is 6.08 Å². The third-order valence-electron chi connectivity index (χ3n) is 1.90. The molecule has 66 valence electrons. The van der Waals surface area contributed by atoms with E-state index in [4.69, 9.17) is 4.42 Å². The molecule has 0 spiro atoms. The molecule has 0 aliphatic carbocycles. The van der Waals surface area contributed by atoms with Crippen molar-refractivity contribution >= 4 is 6.08 Å². The first-order valence-electron chi connectivity index (χ1n) is 4.55. The quantitative estimate of drug-likeness (QED) is 0.617. The van der Waals surface area contributed by atoms with Crippen LogP contribution >= 0.6 is 0 Å². The van der Waals surface area contributed by atoms with Crippen LogP contribution in [0.4, 0.5) is 0 Å². The number of allylic oxidation sites excluding steroid dienone is 1. The number of hydrogen-bond donors (Lipinski definition) is 0. The lowest BCUT2D eigenvalue weighted by Gasteiger charge is -1.89. The van der Waals surface area contributed by atoms with Crippen molar-refractivity contribution in [1.29, 1.82) is 0 Å². The largest absolute Gasteiger partial charge is 0.465 e. The number of hydrogen-bond acceptors (Lipinski definition) is 1. The van der Waals surface area contributed by atoms with E-state index in [0.717, 1.165) is 12.2 Å². The van der Waals surface area contributed by atoms with E-state index in [1.165, 1.54) is 18.4 Å². The summed E-state index contributed by atoms with van der Waals surface area (Å²) in [5.41, 5.74) is 1.21. The molecule has 0 bridgehead atoms. The van der Waals surface area contributed by atoms with E-state index in [-0.39, 0.29) is 0 Å². The minimum absolute atomic E-state index is 0.992. The molecule has 0 unspecified atom stereocenters. The number of rotatable bonds is 4. The molecular weight excluding hydrogens is 148 g/mol. The minimum Gasteiger partial charge on any atom is -0.465 e. The van der Waals surface area contributed by atoms with Crippen LogP contribution in [-0.4, -0.2) is 0 Å². The third-order valence-corrected chi connectivity index (χ3v) is 1.90. The maximum Gasteiger partial charge on any atom is 0.129 e. The molecule has 0 N–H and O–H groups in total. The van der Waals surface area contributed by atoms with Crippen molar-refractivity contribution in [3.05, 3.63) is 29.7 Å². The van der Waals surface area contributed by atoms with Gasteiger partial charge in [-0.15, -0.1) is 0 Å². The van der Waals surface area contributed by atoms with Crippen LogP contribution in [0.3, 0.4) is 0 Å². The van der Waals surface area contributed by atoms with Crippen LogP contribution < -0.4 is 0 Å². The summed E-state index contributed by atoms with van der Waals surface area (Å²) in [4.78, 5) is 0. The van der Waals surface area contributed by atoms with Gasteiger partial charge in [0.2, 0.25) is 0 Å². The monoisotopic (exact) mass is 164 g/mol. The summed E-state index contributed by atoms with van der Waals surface area (Å²) in [7, 11) is 0. The molecule has 12 heavy (non-hydrogen) atoms. The van der Waals surface area contributed by atoms with Crippen LogP contribution in [0.5, 0.6) is 0 Å². The summed E-state index contributed by atoms with van der Waals surface area (Å²) < 4.78 is 5.26. The Morgan fingerprint density at radius 3 is 2.92 bits per heavy atom. The van der Waals surface area contributed by atoms with Gasteiger partial charge in [0.25, 0.3) is 0 Å². The van der Waals surface area contributed by atoms with Crippen LogP contribution in [0.1, 0.15) is 37.5 Å². The van der Waals surface area contributed by atoms with Gasteiger partial charge in [0, 0.05) is 0 Å². The molecular formula is C11H16O. The molecule has 0 amide bonds. The fraction of sp³-hybridized carbons (Fsp3) is 0.455. The van der Waals surface area contributed by atoms with Crippen LogP contribution in [-0.2, 0) is 0 Å². The maximum absolute atomic E-state index is 5.26. The first-order chi connectivity index (χ1) is 5.84. The molecule has 0 aliphatic rings. The Balaban J connectivity index is 2.41. The molecule has 0 atom stereocenters. The van der Waals surface area contributed by atoms with Gasteiger partial charge in [0.05, 0.1) is 6.26 Å². The van der Waals surface area contributed by atoms with Gasteiger partial charge in [-0.3, -0.25) is 0 Å². The molecule has 0 radical (unpaired) electrons. The van der Waals surface area contributed by atoms with Crippen molar-refractivity contribution in [2.75, 3.05) is 0 Å². The van der Waals surface area contributed by atoms with Crippen LogP contribution in [0, 0.1) is 6.92 Å². The molecule has 0 aromatic carbocycles. The molecule has 1 heteroatoms. The second kappa shape index (κ2) is 4.81. The van der Waals surface area contributed by atoms with Crippen LogP contribution in [0.2, 0.25) is 0 Å². The second-order valence-corrected chi connectivity index (χ2v) is 3.01. The molecule has 1 aromatic heterocycles. The number of aryl methyl sites for hydroxylation is 1. The minimum atomic E-state index is 0.992. The highest BCUT2D eigenvalue weighted by Crippen LogP contribution is 2.11. The zero-order chi connectivity index (χ0) is 8.81. The van der Waals surface area contributed by atoms with E-state index >= 15 is 0 Å². The Morgan fingerprint density at radius 1 is 1.50 bits per heavy atom. The highest BCUT2D eigenvalue weighted by atomic mass is 16.3. The highest BCUT2D eigenvalue weighted by molar-refractivity contribution is 5.46. The topological polar surface area (TPSA) is 13.1 Å². The maximum atomic E-state index is 5.26. The van der Waals surface area contributed by atoms with E-state index in [1.54, 1.807) is 6.26 Å². The summed E-state index contributed by atoms with van der Waals surface area (Å²) in [6, 6.07) is 1.99. The van der Waals surface area contributed by atoms with Crippen molar-refractivity contribution in [2.45, 2.75) is 33.1 Å². The van der Waals surface area contributed by atoms with Crippen molar-refractivity contribution in [3.63, 3.8) is 0 Å². The van der Waals surface area contributed by atoms with E-state index in [0.29, 0.717) is 0 Å². The van der Waals surface area contributed by atoms with Gasteiger partial charge in [-0.2, -0.15) is 0 Å². The molecule has 0 aliphatic heterocycles. The molecule has 1 aromatic rings. The summed E-state index contributed by atoms with van der Waals surface area (Å²) >= 11 is 0. The first kappa shape index (κ1) is 9.11. The van der Waals surface area contributed by atoms with Crippen molar-refractivity contribution in [2.24, 2.45) is 0 Å². The zero-order valence-corrected chi connectivity index (χ0v) is 7.84. The van der Waals surface area contributed by atoms with E-state index in [2.05, 4.69) is 26.0 Å². The van der Waals surface area contributed by atoms with Crippen molar-refractivity contribution in [3.8, 4) is 0 Å². The zero-order valence-electron chi connectivity index (χ0n) is 7.84. The standard InChI is InChI=1S/C11H16O/c1-3-4-5-6-7-11-10(2)8-9-12-11/h6-9H,3-5H2,1-2H3. The van der Waals surface area contributed by atoms with E-state index in [9.17, 15) is 0 Å². The summed E-state index contributed by atoms with van der Waals surface area (Å²) in [5, 5.41) is 0. The Bertz CT molecular complexity index is 245. The van der Waals surface area contributed by atoms with Crippen molar-refractivity contribution in [1.82, 2.24) is 0 Å². The number of furan rings is 1. The Hall–Kier alpha value is -0.980. The van der Waals surface area contributed by atoms with Gasteiger partial charge in [0.15, 0.2) is 0 Å². The van der Waals surface area contributed by atoms with Gasteiger partial charge in [-0.1, -0.05) is 25.8 Å². The number of unbranched alkanes of at least 4 members (excludes halogenated alkanes) is 2. The van der Waals surface area contributed by atoms with E-state index < -0.39 is 0 Å². The average Bonchev–Trinajstić information content (AvgIpc) is 2.46. The lowest BCUT2D eigenvalue weighted by Crippen LogP contribution is -1.70. The first-order valence-corrected chi connectivity index (χ1v) is 4.55. The SMILES string of the molecule is CCCCC=Cc1occc1C. The second-order valence-electron chi connectivity index (χ2n) is 3.01.